The van der Waals surface area contributed by atoms with E-state index in [-0.39, 0.29) is 21.6 Å². The summed E-state index contributed by atoms with van der Waals surface area (Å²) in [5.41, 5.74) is 0. The number of carbonyl (C=O) groups excluding carboxylic acids is 2. The molecule has 0 aromatic heterocycles. The van der Waals surface area contributed by atoms with Gasteiger partial charge in [0.1, 0.15) is 0 Å². The zero-order valence-electron chi connectivity index (χ0n) is 11.9. The fraction of sp³-hybridized carbons (Fsp3) is 0.467. The van der Waals surface area contributed by atoms with E-state index in [1.807, 2.05) is 0 Å². The van der Waals surface area contributed by atoms with E-state index in [0.717, 1.165) is 0 Å². The molecular formula is C15H14BrNO5S. The molecule has 0 amide bonds. The maximum Gasteiger partial charge on any atom is 0.317 e. The Morgan fingerprint density at radius 3 is 2.30 bits per heavy atom. The molecule has 3 aliphatic rings. The summed E-state index contributed by atoms with van der Waals surface area (Å²) in [6.45, 7) is 0. The number of rotatable bonds is 3. The summed E-state index contributed by atoms with van der Waals surface area (Å²) in [7, 11) is -3.68. The highest BCUT2D eigenvalue weighted by Gasteiger charge is 2.66. The molecule has 1 heterocycles. The number of sulfonamides is 1. The zero-order valence-corrected chi connectivity index (χ0v) is 14.3. The van der Waals surface area contributed by atoms with E-state index in [1.165, 1.54) is 12.1 Å². The molecule has 1 aliphatic heterocycles. The van der Waals surface area contributed by atoms with Crippen LogP contribution in [0.3, 0.4) is 0 Å². The molecule has 1 N–H and O–H groups in total. The highest BCUT2D eigenvalue weighted by atomic mass is 79.9. The molecule has 2 saturated carbocycles. The van der Waals surface area contributed by atoms with Gasteiger partial charge < -0.3 is 4.74 Å². The van der Waals surface area contributed by atoms with Crippen LogP contribution in [0, 0.1) is 23.7 Å². The van der Waals surface area contributed by atoms with Crippen LogP contribution in [0.2, 0.25) is 0 Å². The van der Waals surface area contributed by atoms with Gasteiger partial charge in [-0.3, -0.25) is 9.59 Å². The minimum absolute atomic E-state index is 0.0765. The van der Waals surface area contributed by atoms with E-state index >= 15 is 0 Å². The second kappa shape index (κ2) is 5.12. The summed E-state index contributed by atoms with van der Waals surface area (Å²) in [6.07, 6.45) is 0.647. The molecule has 0 spiro atoms. The number of cyclic esters (lactones) is 2. The lowest BCUT2D eigenvalue weighted by molar-refractivity contribution is -0.154. The SMILES string of the molecule is O=C1OC(=O)C2C3CC(C(Br)C3NS(=O)(=O)c3ccccc3)C12. The summed E-state index contributed by atoms with van der Waals surface area (Å²) in [5.74, 6) is -2.24. The van der Waals surface area contributed by atoms with Crippen molar-refractivity contribution in [2.45, 2.75) is 22.2 Å². The van der Waals surface area contributed by atoms with Crippen LogP contribution in [0.15, 0.2) is 35.2 Å². The largest absolute Gasteiger partial charge is 0.393 e. The third-order valence-electron chi connectivity index (χ3n) is 5.16. The molecule has 6 atom stereocenters. The summed E-state index contributed by atoms with van der Waals surface area (Å²) in [4.78, 5) is 23.7. The van der Waals surface area contributed by atoms with Crippen LogP contribution in [-0.4, -0.2) is 31.2 Å². The average molecular weight is 400 g/mol. The Morgan fingerprint density at radius 2 is 1.65 bits per heavy atom. The van der Waals surface area contributed by atoms with Gasteiger partial charge in [-0.1, -0.05) is 34.1 Å². The molecule has 1 aromatic rings. The van der Waals surface area contributed by atoms with E-state index in [2.05, 4.69) is 20.7 Å². The first-order valence-electron chi connectivity index (χ1n) is 7.37. The smallest absolute Gasteiger partial charge is 0.317 e. The summed E-state index contributed by atoms with van der Waals surface area (Å²) < 4.78 is 32.5. The van der Waals surface area contributed by atoms with Crippen LogP contribution < -0.4 is 4.72 Å². The summed E-state index contributed by atoms with van der Waals surface area (Å²) in [6, 6.07) is 7.68. The fourth-order valence-corrected chi connectivity index (χ4v) is 6.79. The molecule has 23 heavy (non-hydrogen) atoms. The monoisotopic (exact) mass is 399 g/mol. The summed E-state index contributed by atoms with van der Waals surface area (Å²) >= 11 is 3.52. The Balaban J connectivity index is 1.62. The molecule has 2 bridgehead atoms. The van der Waals surface area contributed by atoms with Crippen LogP contribution in [0.5, 0.6) is 0 Å². The van der Waals surface area contributed by atoms with Gasteiger partial charge in [0.05, 0.1) is 16.7 Å². The van der Waals surface area contributed by atoms with Gasteiger partial charge >= 0.3 is 11.9 Å². The van der Waals surface area contributed by atoms with E-state index in [4.69, 9.17) is 4.74 Å². The lowest BCUT2D eigenvalue weighted by Gasteiger charge is -2.32. The molecule has 6 unspecified atom stereocenters. The van der Waals surface area contributed by atoms with Crippen molar-refractivity contribution < 1.29 is 22.7 Å². The van der Waals surface area contributed by atoms with Gasteiger partial charge in [0.25, 0.3) is 0 Å². The topological polar surface area (TPSA) is 89.5 Å². The van der Waals surface area contributed by atoms with Crippen molar-refractivity contribution in [2.24, 2.45) is 23.7 Å². The van der Waals surface area contributed by atoms with Gasteiger partial charge in [0.2, 0.25) is 10.0 Å². The van der Waals surface area contributed by atoms with Gasteiger partial charge in [0.15, 0.2) is 0 Å². The average Bonchev–Trinajstić information content (AvgIpc) is 3.14. The van der Waals surface area contributed by atoms with E-state index in [0.29, 0.717) is 6.42 Å². The Labute approximate surface area is 141 Å². The lowest BCUT2D eigenvalue weighted by atomic mass is 9.79. The maximum atomic E-state index is 12.5. The second-order valence-corrected chi connectivity index (χ2v) is 9.03. The standard InChI is InChI=1S/C15H14BrNO5S/c16-12-8-6-9(11-10(8)14(18)22-15(11)19)13(12)17-23(20,21)7-4-2-1-3-5-7/h1-5,8-13,17H,6H2. The van der Waals surface area contributed by atoms with Gasteiger partial charge in [-0.25, -0.2) is 13.1 Å². The molecule has 8 heteroatoms. The summed E-state index contributed by atoms with van der Waals surface area (Å²) in [5, 5.41) is 0. The predicted molar refractivity (Wildman–Crippen MR) is 82.9 cm³/mol. The first-order chi connectivity index (χ1) is 10.9. The van der Waals surface area contributed by atoms with Crippen molar-refractivity contribution >= 4 is 37.9 Å². The normalized spacial score (nSPS) is 38.7. The highest BCUT2D eigenvalue weighted by Crippen LogP contribution is 2.57. The molecule has 2 aliphatic carbocycles. The van der Waals surface area contributed by atoms with Gasteiger partial charge in [-0.15, -0.1) is 0 Å². The van der Waals surface area contributed by atoms with E-state index in [9.17, 15) is 18.0 Å². The van der Waals surface area contributed by atoms with Crippen molar-refractivity contribution in [3.05, 3.63) is 30.3 Å². The maximum absolute atomic E-state index is 12.5. The molecule has 1 saturated heterocycles. The van der Waals surface area contributed by atoms with Crippen LogP contribution in [-0.2, 0) is 24.3 Å². The van der Waals surface area contributed by atoms with Gasteiger partial charge in [-0.2, -0.15) is 0 Å². The molecule has 6 nitrogen and oxygen atoms in total. The Bertz CT molecular complexity index is 780. The Morgan fingerprint density at radius 1 is 1.04 bits per heavy atom. The molecule has 4 rings (SSSR count). The number of hydrogen-bond acceptors (Lipinski definition) is 5. The molecule has 1 aromatic carbocycles. The second-order valence-electron chi connectivity index (χ2n) is 6.26. The van der Waals surface area contributed by atoms with Crippen molar-refractivity contribution in [1.82, 2.24) is 4.72 Å². The first kappa shape index (κ1) is 15.3. The van der Waals surface area contributed by atoms with E-state index in [1.54, 1.807) is 18.2 Å². The van der Waals surface area contributed by atoms with Gasteiger partial charge in [-0.05, 0) is 30.4 Å². The van der Waals surface area contributed by atoms with Crippen LogP contribution in [0.1, 0.15) is 6.42 Å². The number of alkyl halides is 1. The van der Waals surface area contributed by atoms with Gasteiger partial charge in [0, 0.05) is 10.9 Å². The number of hydrogen-bond donors (Lipinski definition) is 1. The minimum atomic E-state index is -3.68. The number of nitrogens with one attached hydrogen (secondary N) is 1. The minimum Gasteiger partial charge on any atom is -0.393 e. The quantitative estimate of drug-likeness (QED) is 0.466. The van der Waals surface area contributed by atoms with Crippen molar-refractivity contribution in [3.63, 3.8) is 0 Å². The third-order valence-corrected chi connectivity index (χ3v) is 7.88. The molecular weight excluding hydrogens is 386 g/mol. The zero-order chi connectivity index (χ0) is 16.4. The van der Waals surface area contributed by atoms with Crippen LogP contribution in [0.25, 0.3) is 0 Å². The van der Waals surface area contributed by atoms with E-state index < -0.39 is 39.8 Å². The fourth-order valence-electron chi connectivity index (χ4n) is 4.22. The first-order valence-corrected chi connectivity index (χ1v) is 9.77. The Hall–Kier alpha value is -1.25. The van der Waals surface area contributed by atoms with Crippen LogP contribution >= 0.6 is 15.9 Å². The lowest BCUT2D eigenvalue weighted by Crippen LogP contribution is -2.50. The Kier molecular flexibility index (Phi) is 3.40. The predicted octanol–water partition coefficient (Wildman–Crippen LogP) is 1.06. The van der Waals surface area contributed by atoms with Crippen molar-refractivity contribution in [3.8, 4) is 0 Å². The highest BCUT2D eigenvalue weighted by molar-refractivity contribution is 9.09. The molecule has 3 fully saturated rings. The molecule has 122 valence electrons. The number of esters is 2. The number of fused-ring (bicyclic) bond motifs is 5. The third kappa shape index (κ3) is 2.19. The van der Waals surface area contributed by atoms with Crippen molar-refractivity contribution in [1.29, 1.82) is 0 Å². The van der Waals surface area contributed by atoms with Crippen molar-refractivity contribution in [2.75, 3.05) is 0 Å². The number of benzene rings is 1. The number of halogens is 1. The number of carbonyl (C=O) groups is 2. The number of ether oxygens (including phenoxy) is 1. The van der Waals surface area contributed by atoms with Crippen LogP contribution in [0.4, 0.5) is 0 Å². The molecule has 0 radical (unpaired) electrons.